The second-order valence-corrected chi connectivity index (χ2v) is 9.12. The number of ether oxygens (including phenoxy) is 3. The molecule has 0 aliphatic rings. The summed E-state index contributed by atoms with van der Waals surface area (Å²) in [7, 11) is -0.909. The number of nitrogens with zero attached hydrogens (tertiary/aromatic N) is 4. The maximum atomic E-state index is 15.6. The predicted molar refractivity (Wildman–Crippen MR) is 123 cm³/mol. The normalized spacial score (nSPS) is 11.4. The Labute approximate surface area is 207 Å². The van der Waals surface area contributed by atoms with E-state index in [9.17, 15) is 17.6 Å². The smallest absolute Gasteiger partial charge is 0.360 e. The van der Waals surface area contributed by atoms with Gasteiger partial charge in [-0.2, -0.15) is 4.98 Å². The molecule has 36 heavy (non-hydrogen) atoms. The maximum absolute atomic E-state index is 15.6. The third-order valence-corrected chi connectivity index (χ3v) is 6.49. The lowest BCUT2D eigenvalue weighted by atomic mass is 10.1. The molecule has 0 aliphatic heterocycles. The molecule has 0 spiro atoms. The van der Waals surface area contributed by atoms with Crippen molar-refractivity contribution in [3.8, 4) is 22.9 Å². The van der Waals surface area contributed by atoms with Gasteiger partial charge in [-0.15, -0.1) is 0 Å². The fourth-order valence-corrected chi connectivity index (χ4v) is 4.74. The summed E-state index contributed by atoms with van der Waals surface area (Å²) in [6.45, 7) is 0. The number of anilines is 1. The third kappa shape index (κ3) is 4.35. The highest BCUT2D eigenvalue weighted by Gasteiger charge is 2.27. The van der Waals surface area contributed by atoms with E-state index in [1.165, 1.54) is 37.3 Å². The van der Waals surface area contributed by atoms with Crippen LogP contribution in [0.1, 0.15) is 10.5 Å². The first kappa shape index (κ1) is 25.1. The molecule has 0 radical (unpaired) electrons. The van der Waals surface area contributed by atoms with E-state index in [4.69, 9.17) is 21.1 Å². The Morgan fingerprint density at radius 1 is 1.11 bits per heavy atom. The Kier molecular flexibility index (Phi) is 6.65. The molecule has 4 rings (SSSR count). The van der Waals surface area contributed by atoms with Gasteiger partial charge in [0.05, 0.1) is 43.2 Å². The highest BCUT2D eigenvalue weighted by atomic mass is 35.5. The highest BCUT2D eigenvalue weighted by Crippen LogP contribution is 2.37. The van der Waals surface area contributed by atoms with Crippen molar-refractivity contribution in [2.45, 2.75) is 4.90 Å². The number of hydrogen-bond donors (Lipinski definition) is 1. The van der Waals surface area contributed by atoms with E-state index in [2.05, 4.69) is 24.4 Å². The number of benzene rings is 1. The van der Waals surface area contributed by atoms with E-state index in [1.54, 1.807) is 0 Å². The number of imidazole rings is 1. The predicted octanol–water partition coefficient (Wildman–Crippen LogP) is 3.33. The molecule has 0 amide bonds. The summed E-state index contributed by atoms with van der Waals surface area (Å²) in [5.74, 6) is -3.62. The Morgan fingerprint density at radius 2 is 1.83 bits per heavy atom. The molecule has 1 aromatic carbocycles. The van der Waals surface area contributed by atoms with Crippen LogP contribution in [-0.2, 0) is 14.8 Å². The number of fused-ring (bicyclic) bond motifs is 1. The van der Waals surface area contributed by atoms with Crippen LogP contribution >= 0.6 is 11.6 Å². The van der Waals surface area contributed by atoms with Crippen LogP contribution in [0.5, 0.6) is 11.8 Å². The summed E-state index contributed by atoms with van der Waals surface area (Å²) in [5, 5.41) is -0.00721. The van der Waals surface area contributed by atoms with Gasteiger partial charge in [-0.25, -0.2) is 32.0 Å². The standard InChI is InChI=1S/C21H16ClF2N5O6S/c1-33-19-11(8-29-9-26-17(18(29)27-19)21(30)35-3)15-12(23)4-5-13(16(15)24)28-36(31,32)14-6-10(22)7-25-20(14)34-2/h4-9,28H,1-3H3. The molecule has 0 bridgehead atoms. The van der Waals surface area contributed by atoms with Crippen molar-refractivity contribution < 1.29 is 36.2 Å². The fraction of sp³-hybridized carbons (Fsp3) is 0.143. The number of aromatic nitrogens is 4. The van der Waals surface area contributed by atoms with Gasteiger partial charge in [-0.3, -0.25) is 9.12 Å². The van der Waals surface area contributed by atoms with Gasteiger partial charge in [0.15, 0.2) is 22.1 Å². The van der Waals surface area contributed by atoms with Gasteiger partial charge in [-0.1, -0.05) is 11.6 Å². The molecule has 0 unspecified atom stereocenters. The quantitative estimate of drug-likeness (QED) is 0.351. The van der Waals surface area contributed by atoms with Crippen LogP contribution in [-0.4, -0.2) is 55.1 Å². The van der Waals surface area contributed by atoms with Crippen LogP contribution in [0.25, 0.3) is 16.8 Å². The molecule has 15 heteroatoms. The zero-order valence-electron chi connectivity index (χ0n) is 18.7. The Balaban J connectivity index is 1.85. The zero-order valence-corrected chi connectivity index (χ0v) is 20.3. The lowest BCUT2D eigenvalue weighted by Gasteiger charge is -2.15. The molecule has 3 aromatic heterocycles. The summed E-state index contributed by atoms with van der Waals surface area (Å²) in [5.41, 5.74) is -1.55. The minimum absolute atomic E-state index is 0.00721. The Hall–Kier alpha value is -4.04. The van der Waals surface area contributed by atoms with Gasteiger partial charge >= 0.3 is 5.97 Å². The third-order valence-electron chi connectivity index (χ3n) is 4.92. The van der Waals surface area contributed by atoms with Crippen LogP contribution in [0, 0.1) is 11.6 Å². The van der Waals surface area contributed by atoms with Crippen LogP contribution in [0.2, 0.25) is 5.02 Å². The average Bonchev–Trinajstić information content (AvgIpc) is 3.27. The van der Waals surface area contributed by atoms with E-state index >= 15 is 4.39 Å². The van der Waals surface area contributed by atoms with Gasteiger partial charge < -0.3 is 14.2 Å². The van der Waals surface area contributed by atoms with E-state index in [0.717, 1.165) is 25.3 Å². The Bertz CT molecular complexity index is 1610. The summed E-state index contributed by atoms with van der Waals surface area (Å²) >= 11 is 5.86. The average molecular weight is 540 g/mol. The number of sulfonamides is 1. The molecule has 0 saturated carbocycles. The van der Waals surface area contributed by atoms with Gasteiger partial charge in [0.1, 0.15) is 12.1 Å². The summed E-state index contributed by atoms with van der Waals surface area (Å²) < 4.78 is 74.5. The largest absolute Gasteiger partial charge is 0.480 e. The first-order chi connectivity index (χ1) is 17.1. The number of esters is 1. The molecule has 0 aliphatic carbocycles. The molecular formula is C21H16ClF2N5O6S. The number of hydrogen-bond acceptors (Lipinski definition) is 9. The molecule has 1 N–H and O–H groups in total. The summed E-state index contributed by atoms with van der Waals surface area (Å²) in [6, 6.07) is 2.83. The topological polar surface area (TPSA) is 134 Å². The number of halogens is 3. The van der Waals surface area contributed by atoms with Crippen molar-refractivity contribution in [1.29, 1.82) is 0 Å². The number of carbonyl (C=O) groups excluding carboxylic acids is 1. The molecule has 3 heterocycles. The van der Waals surface area contributed by atoms with Crippen molar-refractivity contribution in [3.05, 3.63) is 59.3 Å². The maximum Gasteiger partial charge on any atom is 0.360 e. The molecule has 11 nitrogen and oxygen atoms in total. The van der Waals surface area contributed by atoms with Crippen molar-refractivity contribution in [3.63, 3.8) is 0 Å². The fourth-order valence-electron chi connectivity index (χ4n) is 3.31. The van der Waals surface area contributed by atoms with E-state index < -0.39 is 43.8 Å². The molecule has 0 saturated heterocycles. The number of carbonyl (C=O) groups is 1. The molecule has 188 valence electrons. The second kappa shape index (κ2) is 9.54. The van der Waals surface area contributed by atoms with Crippen molar-refractivity contribution in [2.75, 3.05) is 26.1 Å². The molecule has 4 aromatic rings. The van der Waals surface area contributed by atoms with E-state index in [1.807, 2.05) is 0 Å². The van der Waals surface area contributed by atoms with Crippen molar-refractivity contribution in [2.24, 2.45) is 0 Å². The first-order valence-electron chi connectivity index (χ1n) is 9.82. The number of rotatable bonds is 7. The minimum Gasteiger partial charge on any atom is -0.480 e. The van der Waals surface area contributed by atoms with Crippen LogP contribution < -0.4 is 14.2 Å². The number of nitrogens with one attached hydrogen (secondary N) is 1. The van der Waals surface area contributed by atoms with Crippen molar-refractivity contribution >= 4 is 38.9 Å². The van der Waals surface area contributed by atoms with Crippen LogP contribution in [0.3, 0.4) is 0 Å². The highest BCUT2D eigenvalue weighted by molar-refractivity contribution is 7.92. The lowest BCUT2D eigenvalue weighted by Crippen LogP contribution is -2.16. The van der Waals surface area contributed by atoms with Gasteiger partial charge in [0.2, 0.25) is 11.8 Å². The minimum atomic E-state index is -4.47. The van der Waals surface area contributed by atoms with Crippen molar-refractivity contribution in [1.82, 2.24) is 19.4 Å². The SMILES string of the molecule is COC(=O)c1ncn2cc(-c3c(F)ccc(NS(=O)(=O)c4cc(Cl)cnc4OC)c3F)c(OC)nc12. The van der Waals surface area contributed by atoms with Crippen LogP contribution in [0.15, 0.2) is 41.8 Å². The second-order valence-electron chi connectivity index (χ2n) is 7.03. The molecular weight excluding hydrogens is 524 g/mol. The molecule has 0 fully saturated rings. The van der Waals surface area contributed by atoms with Gasteiger partial charge in [0, 0.05) is 12.4 Å². The number of pyridine rings is 1. The van der Waals surface area contributed by atoms with Crippen LogP contribution in [0.4, 0.5) is 14.5 Å². The first-order valence-corrected chi connectivity index (χ1v) is 11.7. The monoisotopic (exact) mass is 539 g/mol. The Morgan fingerprint density at radius 3 is 2.50 bits per heavy atom. The summed E-state index contributed by atoms with van der Waals surface area (Å²) in [4.78, 5) is 23.3. The lowest BCUT2D eigenvalue weighted by molar-refractivity contribution is 0.0596. The zero-order chi connectivity index (χ0) is 26.2. The van der Waals surface area contributed by atoms with E-state index in [-0.39, 0.29) is 33.7 Å². The molecule has 0 atom stereocenters. The summed E-state index contributed by atoms with van der Waals surface area (Å²) in [6.07, 6.45) is 3.59. The van der Waals surface area contributed by atoms with Gasteiger partial charge in [0.25, 0.3) is 10.0 Å². The number of methoxy groups -OCH3 is 3. The van der Waals surface area contributed by atoms with Gasteiger partial charge in [-0.05, 0) is 18.2 Å². The van der Waals surface area contributed by atoms with E-state index in [0.29, 0.717) is 0 Å².